The molecular formula is C18H29N3O2S. The molecule has 134 valence electrons. The first-order valence-electron chi connectivity index (χ1n) is 9.13. The highest BCUT2D eigenvalue weighted by molar-refractivity contribution is 7.13. The highest BCUT2D eigenvalue weighted by Gasteiger charge is 2.32. The number of hydrogen-bond acceptors (Lipinski definition) is 5. The lowest BCUT2D eigenvalue weighted by atomic mass is 10.0. The minimum absolute atomic E-state index is 0.180. The van der Waals surface area contributed by atoms with Crippen LogP contribution in [0.1, 0.15) is 54.0 Å². The smallest absolute Gasteiger partial charge is 0.265 e. The van der Waals surface area contributed by atoms with Gasteiger partial charge in [0.1, 0.15) is 4.88 Å². The van der Waals surface area contributed by atoms with E-state index in [1.165, 1.54) is 0 Å². The summed E-state index contributed by atoms with van der Waals surface area (Å²) in [6.07, 6.45) is 3.56. The number of ether oxygens (including phenoxy) is 1. The van der Waals surface area contributed by atoms with Crippen LogP contribution >= 0.6 is 11.3 Å². The van der Waals surface area contributed by atoms with E-state index < -0.39 is 0 Å². The van der Waals surface area contributed by atoms with Crippen molar-refractivity contribution < 1.29 is 9.53 Å². The molecule has 0 N–H and O–H groups in total. The Bertz CT molecular complexity index is 571. The van der Waals surface area contributed by atoms with Crippen LogP contribution in [0.2, 0.25) is 0 Å². The summed E-state index contributed by atoms with van der Waals surface area (Å²) in [4.78, 5) is 22.8. The molecule has 0 radical (unpaired) electrons. The highest BCUT2D eigenvalue weighted by Crippen LogP contribution is 2.25. The molecule has 2 aliphatic heterocycles. The summed E-state index contributed by atoms with van der Waals surface area (Å²) in [5.74, 6) is 0.180. The number of amides is 1. The van der Waals surface area contributed by atoms with E-state index in [9.17, 15) is 4.79 Å². The van der Waals surface area contributed by atoms with Crippen molar-refractivity contribution in [1.82, 2.24) is 14.8 Å². The molecule has 3 heterocycles. The second kappa shape index (κ2) is 7.50. The number of thiazole rings is 1. The van der Waals surface area contributed by atoms with Crippen molar-refractivity contribution in [3.8, 4) is 0 Å². The Labute approximate surface area is 149 Å². The van der Waals surface area contributed by atoms with E-state index in [0.29, 0.717) is 18.2 Å². The van der Waals surface area contributed by atoms with Crippen molar-refractivity contribution in [2.75, 3.05) is 26.2 Å². The van der Waals surface area contributed by atoms with Crippen molar-refractivity contribution >= 4 is 17.2 Å². The zero-order chi connectivity index (χ0) is 17.3. The van der Waals surface area contributed by atoms with E-state index in [1.54, 1.807) is 11.3 Å². The molecular weight excluding hydrogens is 322 g/mol. The normalized spacial score (nSPS) is 26.8. The van der Waals surface area contributed by atoms with Gasteiger partial charge in [-0.1, -0.05) is 6.92 Å². The third-order valence-electron chi connectivity index (χ3n) is 5.05. The van der Waals surface area contributed by atoms with Crippen molar-refractivity contribution in [2.24, 2.45) is 0 Å². The zero-order valence-corrected chi connectivity index (χ0v) is 16.1. The maximum atomic E-state index is 12.8. The van der Waals surface area contributed by atoms with Gasteiger partial charge in [0.05, 0.1) is 22.9 Å². The molecule has 0 bridgehead atoms. The topological polar surface area (TPSA) is 45.7 Å². The molecule has 6 heteroatoms. The number of carbonyl (C=O) groups is 1. The second-order valence-electron chi connectivity index (χ2n) is 7.10. The number of likely N-dealkylation sites (tertiary alicyclic amines) is 1. The molecule has 2 saturated heterocycles. The van der Waals surface area contributed by atoms with Crippen molar-refractivity contribution in [1.29, 1.82) is 0 Å². The molecule has 2 aliphatic rings. The lowest BCUT2D eigenvalue weighted by Gasteiger charge is -2.43. The highest BCUT2D eigenvalue weighted by atomic mass is 32.1. The second-order valence-corrected chi connectivity index (χ2v) is 8.30. The van der Waals surface area contributed by atoms with Gasteiger partial charge in [0.25, 0.3) is 5.91 Å². The summed E-state index contributed by atoms with van der Waals surface area (Å²) >= 11 is 1.54. The zero-order valence-electron chi connectivity index (χ0n) is 15.2. The fourth-order valence-corrected chi connectivity index (χ4v) is 4.95. The Morgan fingerprint density at radius 3 is 2.46 bits per heavy atom. The molecule has 0 spiro atoms. The summed E-state index contributed by atoms with van der Waals surface area (Å²) in [6.45, 7) is 12.1. The van der Waals surface area contributed by atoms with Crippen LogP contribution < -0.4 is 0 Å². The van der Waals surface area contributed by atoms with Gasteiger partial charge in [-0.15, -0.1) is 11.3 Å². The summed E-state index contributed by atoms with van der Waals surface area (Å²) < 4.78 is 5.84. The summed E-state index contributed by atoms with van der Waals surface area (Å²) in [6, 6.07) is 0.580. The largest absolute Gasteiger partial charge is 0.373 e. The Balaban J connectivity index is 1.59. The summed E-state index contributed by atoms with van der Waals surface area (Å²) in [7, 11) is 0. The minimum atomic E-state index is 0.180. The maximum absolute atomic E-state index is 12.8. The number of hydrogen-bond donors (Lipinski definition) is 0. The van der Waals surface area contributed by atoms with Gasteiger partial charge in [0, 0.05) is 32.2 Å². The van der Waals surface area contributed by atoms with Crippen molar-refractivity contribution in [3.63, 3.8) is 0 Å². The number of piperidine rings is 1. The van der Waals surface area contributed by atoms with Crippen LogP contribution in [-0.4, -0.2) is 65.1 Å². The average molecular weight is 352 g/mol. The Morgan fingerprint density at radius 2 is 1.88 bits per heavy atom. The number of aromatic nitrogens is 1. The predicted octanol–water partition coefficient (Wildman–Crippen LogP) is 2.73. The van der Waals surface area contributed by atoms with Crippen LogP contribution in [0.15, 0.2) is 0 Å². The van der Waals surface area contributed by atoms with Gasteiger partial charge < -0.3 is 9.64 Å². The predicted molar refractivity (Wildman–Crippen MR) is 96.7 cm³/mol. The van der Waals surface area contributed by atoms with Crippen LogP contribution in [0.25, 0.3) is 0 Å². The molecule has 24 heavy (non-hydrogen) atoms. The summed E-state index contributed by atoms with van der Waals surface area (Å²) in [5, 5.41) is 0.987. The molecule has 1 aromatic heterocycles. The maximum Gasteiger partial charge on any atom is 0.265 e. The first-order chi connectivity index (χ1) is 11.5. The number of aryl methyl sites for hydroxylation is 2. The minimum Gasteiger partial charge on any atom is -0.373 e. The van der Waals surface area contributed by atoms with E-state index in [2.05, 4.69) is 30.7 Å². The van der Waals surface area contributed by atoms with Gasteiger partial charge in [0.15, 0.2) is 0 Å². The van der Waals surface area contributed by atoms with E-state index in [-0.39, 0.29) is 5.91 Å². The van der Waals surface area contributed by atoms with Gasteiger partial charge in [-0.3, -0.25) is 9.69 Å². The van der Waals surface area contributed by atoms with Gasteiger partial charge in [-0.2, -0.15) is 0 Å². The third kappa shape index (κ3) is 3.81. The number of rotatable bonds is 3. The van der Waals surface area contributed by atoms with Crippen LogP contribution in [-0.2, 0) is 11.2 Å². The van der Waals surface area contributed by atoms with Gasteiger partial charge in [-0.25, -0.2) is 4.98 Å². The van der Waals surface area contributed by atoms with Crippen LogP contribution in [0.4, 0.5) is 0 Å². The Hall–Kier alpha value is -0.980. The first-order valence-corrected chi connectivity index (χ1v) is 9.94. The van der Waals surface area contributed by atoms with E-state index >= 15 is 0 Å². The monoisotopic (exact) mass is 351 g/mol. The van der Waals surface area contributed by atoms with Crippen molar-refractivity contribution in [2.45, 2.75) is 65.2 Å². The van der Waals surface area contributed by atoms with Crippen LogP contribution in [0.5, 0.6) is 0 Å². The molecule has 1 aromatic rings. The molecule has 3 rings (SSSR count). The number of morpholine rings is 1. The fourth-order valence-electron chi connectivity index (χ4n) is 3.97. The molecule has 0 unspecified atom stereocenters. The quantitative estimate of drug-likeness (QED) is 0.840. The number of carbonyl (C=O) groups excluding carboxylic acids is 1. The van der Waals surface area contributed by atoms with E-state index in [4.69, 9.17) is 4.74 Å². The van der Waals surface area contributed by atoms with Gasteiger partial charge >= 0.3 is 0 Å². The molecule has 2 fully saturated rings. The molecule has 2 atom stereocenters. The van der Waals surface area contributed by atoms with Crippen LogP contribution in [0, 0.1) is 6.92 Å². The molecule has 0 aliphatic carbocycles. The number of nitrogens with zero attached hydrogens (tertiary/aromatic N) is 3. The van der Waals surface area contributed by atoms with E-state index in [0.717, 1.165) is 61.0 Å². The Kier molecular flexibility index (Phi) is 5.57. The lowest BCUT2D eigenvalue weighted by molar-refractivity contribution is -0.0856. The summed E-state index contributed by atoms with van der Waals surface area (Å²) in [5.41, 5.74) is 0.959. The average Bonchev–Trinajstić information content (AvgIpc) is 2.94. The SMILES string of the molecule is CCc1nc(C)sc1C(=O)N1CCC(N2C[C@@H](C)O[C@@H](C)C2)CC1. The van der Waals surface area contributed by atoms with E-state index in [1.807, 2.05) is 11.8 Å². The molecule has 1 amide bonds. The molecule has 0 saturated carbocycles. The lowest BCUT2D eigenvalue weighted by Crippen LogP contribution is -2.53. The van der Waals surface area contributed by atoms with Gasteiger partial charge in [-0.05, 0) is 40.0 Å². The van der Waals surface area contributed by atoms with Crippen LogP contribution in [0.3, 0.4) is 0 Å². The van der Waals surface area contributed by atoms with Crippen molar-refractivity contribution in [3.05, 3.63) is 15.6 Å². The molecule has 5 nitrogen and oxygen atoms in total. The first kappa shape index (κ1) is 17.8. The standard InChI is InChI=1S/C18H29N3O2S/c1-5-16-17(24-14(4)19-16)18(22)20-8-6-15(7-9-20)21-10-12(2)23-13(3)11-21/h12-13,15H,5-11H2,1-4H3/t12-,13+. The fraction of sp³-hybridized carbons (Fsp3) is 0.778. The third-order valence-corrected chi connectivity index (χ3v) is 6.05. The Morgan fingerprint density at radius 1 is 1.25 bits per heavy atom. The van der Waals surface area contributed by atoms with Gasteiger partial charge in [0.2, 0.25) is 0 Å². The molecule has 0 aromatic carbocycles.